The highest BCUT2D eigenvalue weighted by Gasteiger charge is 2.21. The van der Waals surface area contributed by atoms with E-state index in [2.05, 4.69) is 36.5 Å². The Balaban J connectivity index is 1.40. The van der Waals surface area contributed by atoms with Crippen LogP contribution in [-0.2, 0) is 10.5 Å². The quantitative estimate of drug-likeness (QED) is 0.757. The Morgan fingerprint density at radius 2 is 1.85 bits per heavy atom. The van der Waals surface area contributed by atoms with Crippen LogP contribution in [-0.4, -0.2) is 30.7 Å². The van der Waals surface area contributed by atoms with Crippen molar-refractivity contribution in [2.75, 3.05) is 23.7 Å². The van der Waals surface area contributed by atoms with Crippen molar-refractivity contribution in [3.05, 3.63) is 65.2 Å². The molecule has 2 aromatic rings. The molecule has 1 aliphatic heterocycles. The van der Waals surface area contributed by atoms with Gasteiger partial charge in [0.2, 0.25) is 5.91 Å². The summed E-state index contributed by atoms with van der Waals surface area (Å²) in [6.45, 7) is 3.49. The van der Waals surface area contributed by atoms with E-state index >= 15 is 0 Å². The van der Waals surface area contributed by atoms with Gasteiger partial charge in [0.15, 0.2) is 0 Å². The Labute approximate surface area is 159 Å². The molecule has 4 nitrogen and oxygen atoms in total. The average Bonchev–Trinajstić information content (AvgIpc) is 3.09. The van der Waals surface area contributed by atoms with Crippen molar-refractivity contribution in [2.24, 2.45) is 0 Å². The number of thioether (sulfide) groups is 1. The molecule has 0 spiro atoms. The molecule has 1 N–H and O–H groups in total. The second-order valence-electron chi connectivity index (χ2n) is 6.49. The minimum atomic E-state index is -0.0692. The fraction of sp³-hybridized carbons (Fsp3) is 0.333. The lowest BCUT2D eigenvalue weighted by atomic mass is 10.2. The van der Waals surface area contributed by atoms with Gasteiger partial charge in [0.25, 0.3) is 5.91 Å². The largest absolute Gasteiger partial charge is 0.351 e. The lowest BCUT2D eigenvalue weighted by Gasteiger charge is -2.15. The fourth-order valence-corrected chi connectivity index (χ4v) is 3.75. The number of aryl methyl sites for hydroxylation is 1. The number of carbonyl (C=O) groups is 2. The van der Waals surface area contributed by atoms with Crippen LogP contribution in [0.3, 0.4) is 0 Å². The van der Waals surface area contributed by atoms with E-state index < -0.39 is 0 Å². The van der Waals surface area contributed by atoms with Crippen LogP contribution in [0.4, 0.5) is 5.69 Å². The van der Waals surface area contributed by atoms with Crippen molar-refractivity contribution < 1.29 is 9.59 Å². The summed E-state index contributed by atoms with van der Waals surface area (Å²) in [5.74, 6) is 1.92. The van der Waals surface area contributed by atoms with Gasteiger partial charge in [-0.05, 0) is 43.2 Å². The summed E-state index contributed by atoms with van der Waals surface area (Å²) in [6.07, 6.45) is 1.52. The van der Waals surface area contributed by atoms with Gasteiger partial charge in [-0.25, -0.2) is 0 Å². The maximum absolute atomic E-state index is 12.2. The highest BCUT2D eigenvalue weighted by atomic mass is 32.2. The molecule has 136 valence electrons. The monoisotopic (exact) mass is 368 g/mol. The van der Waals surface area contributed by atoms with Crippen molar-refractivity contribution in [3.8, 4) is 0 Å². The molecular formula is C21H24N2O2S. The summed E-state index contributed by atoms with van der Waals surface area (Å²) in [7, 11) is 0. The van der Waals surface area contributed by atoms with Crippen LogP contribution in [0.5, 0.6) is 0 Å². The number of anilines is 1. The first kappa shape index (κ1) is 18.5. The number of nitrogens with one attached hydrogen (secondary N) is 1. The Kier molecular flexibility index (Phi) is 6.34. The van der Waals surface area contributed by atoms with Crippen LogP contribution in [0.2, 0.25) is 0 Å². The van der Waals surface area contributed by atoms with E-state index in [1.807, 2.05) is 23.9 Å². The molecule has 0 aliphatic carbocycles. The molecule has 1 aliphatic rings. The van der Waals surface area contributed by atoms with Crippen molar-refractivity contribution in [3.63, 3.8) is 0 Å². The Morgan fingerprint density at radius 3 is 2.50 bits per heavy atom. The Bertz CT molecular complexity index is 757. The van der Waals surface area contributed by atoms with E-state index in [0.29, 0.717) is 18.5 Å². The summed E-state index contributed by atoms with van der Waals surface area (Å²) < 4.78 is 0. The number of nitrogens with zero attached hydrogens (tertiary/aromatic N) is 1. The van der Waals surface area contributed by atoms with E-state index in [-0.39, 0.29) is 11.8 Å². The van der Waals surface area contributed by atoms with Gasteiger partial charge in [0.1, 0.15) is 0 Å². The van der Waals surface area contributed by atoms with E-state index in [1.54, 1.807) is 17.0 Å². The van der Waals surface area contributed by atoms with Crippen LogP contribution in [0.1, 0.15) is 34.3 Å². The molecule has 2 aromatic carbocycles. The minimum Gasteiger partial charge on any atom is -0.351 e. The SMILES string of the molecule is Cc1ccc(CSCCNC(=O)c2ccc(N3CCCC3=O)cc2)cc1. The molecule has 5 heteroatoms. The highest BCUT2D eigenvalue weighted by molar-refractivity contribution is 7.98. The molecule has 26 heavy (non-hydrogen) atoms. The number of amides is 2. The average molecular weight is 369 g/mol. The van der Waals surface area contributed by atoms with Gasteiger partial charge in [0.05, 0.1) is 0 Å². The Hall–Kier alpha value is -2.27. The molecule has 0 bridgehead atoms. The zero-order valence-electron chi connectivity index (χ0n) is 15.0. The van der Waals surface area contributed by atoms with Gasteiger partial charge in [-0.1, -0.05) is 29.8 Å². The number of hydrogen-bond donors (Lipinski definition) is 1. The molecule has 0 aromatic heterocycles. The number of rotatable bonds is 7. The first-order valence-electron chi connectivity index (χ1n) is 8.95. The third kappa shape index (κ3) is 4.88. The molecule has 1 heterocycles. The van der Waals surface area contributed by atoms with Gasteiger partial charge >= 0.3 is 0 Å². The molecule has 0 saturated carbocycles. The van der Waals surface area contributed by atoms with Crippen molar-refractivity contribution in [1.82, 2.24) is 5.32 Å². The first-order chi connectivity index (χ1) is 12.6. The van der Waals surface area contributed by atoms with Gasteiger partial charge in [-0.15, -0.1) is 0 Å². The molecule has 3 rings (SSSR count). The standard InChI is InChI=1S/C21H24N2O2S/c1-16-4-6-17(7-5-16)15-26-14-12-22-21(25)18-8-10-19(11-9-18)23-13-2-3-20(23)24/h4-11H,2-3,12-15H2,1H3,(H,22,25). The second kappa shape index (κ2) is 8.90. The molecule has 0 unspecified atom stereocenters. The van der Waals surface area contributed by atoms with Gasteiger partial charge < -0.3 is 10.2 Å². The van der Waals surface area contributed by atoms with Gasteiger partial charge in [0, 0.05) is 42.3 Å². The van der Waals surface area contributed by atoms with E-state index in [0.717, 1.165) is 30.2 Å². The number of benzene rings is 2. The van der Waals surface area contributed by atoms with Gasteiger partial charge in [-0.2, -0.15) is 11.8 Å². The van der Waals surface area contributed by atoms with Gasteiger partial charge in [-0.3, -0.25) is 9.59 Å². The van der Waals surface area contributed by atoms with E-state index in [9.17, 15) is 9.59 Å². The number of hydrogen-bond acceptors (Lipinski definition) is 3. The van der Waals surface area contributed by atoms with E-state index in [4.69, 9.17) is 0 Å². The smallest absolute Gasteiger partial charge is 0.251 e. The predicted octanol–water partition coefficient (Wildman–Crippen LogP) is 3.79. The third-order valence-electron chi connectivity index (χ3n) is 4.44. The zero-order valence-corrected chi connectivity index (χ0v) is 15.8. The topological polar surface area (TPSA) is 49.4 Å². The predicted molar refractivity (Wildman–Crippen MR) is 108 cm³/mol. The fourth-order valence-electron chi connectivity index (χ4n) is 2.93. The van der Waals surface area contributed by atoms with Crippen LogP contribution in [0.15, 0.2) is 48.5 Å². The highest BCUT2D eigenvalue weighted by Crippen LogP contribution is 2.21. The van der Waals surface area contributed by atoms with Crippen LogP contribution in [0.25, 0.3) is 0 Å². The van der Waals surface area contributed by atoms with Crippen LogP contribution >= 0.6 is 11.8 Å². The van der Waals surface area contributed by atoms with Crippen molar-refractivity contribution >= 4 is 29.3 Å². The third-order valence-corrected chi connectivity index (χ3v) is 5.47. The summed E-state index contributed by atoms with van der Waals surface area (Å²) in [5, 5.41) is 2.95. The van der Waals surface area contributed by atoms with Crippen molar-refractivity contribution in [2.45, 2.75) is 25.5 Å². The van der Waals surface area contributed by atoms with Crippen LogP contribution < -0.4 is 10.2 Å². The molecule has 2 amide bonds. The van der Waals surface area contributed by atoms with Crippen LogP contribution in [0, 0.1) is 6.92 Å². The molecule has 0 atom stereocenters. The lowest BCUT2D eigenvalue weighted by molar-refractivity contribution is -0.117. The van der Waals surface area contributed by atoms with E-state index in [1.165, 1.54) is 11.1 Å². The molecule has 0 radical (unpaired) electrons. The summed E-state index contributed by atoms with van der Waals surface area (Å²) >= 11 is 1.81. The minimum absolute atomic E-state index is 0.0692. The second-order valence-corrected chi connectivity index (χ2v) is 7.60. The summed E-state index contributed by atoms with van der Waals surface area (Å²) in [5.41, 5.74) is 4.08. The molecule has 1 saturated heterocycles. The normalized spacial score (nSPS) is 13.9. The summed E-state index contributed by atoms with van der Waals surface area (Å²) in [6, 6.07) is 15.8. The molecular weight excluding hydrogens is 344 g/mol. The lowest BCUT2D eigenvalue weighted by Crippen LogP contribution is -2.26. The maximum Gasteiger partial charge on any atom is 0.251 e. The van der Waals surface area contributed by atoms with Crippen molar-refractivity contribution in [1.29, 1.82) is 0 Å². The molecule has 1 fully saturated rings. The zero-order chi connectivity index (χ0) is 18.4. The summed E-state index contributed by atoms with van der Waals surface area (Å²) in [4.78, 5) is 25.8. The first-order valence-corrected chi connectivity index (χ1v) is 10.1. The maximum atomic E-state index is 12.2. The Morgan fingerprint density at radius 1 is 1.12 bits per heavy atom. The number of carbonyl (C=O) groups excluding carboxylic acids is 2.